The second-order valence-corrected chi connectivity index (χ2v) is 4.12. The van der Waals surface area contributed by atoms with Gasteiger partial charge in [0.1, 0.15) is 0 Å². The van der Waals surface area contributed by atoms with E-state index in [0.29, 0.717) is 0 Å². The van der Waals surface area contributed by atoms with E-state index in [1.54, 1.807) is 11.3 Å². The molecule has 0 fully saturated rings. The van der Waals surface area contributed by atoms with Crippen LogP contribution in [-0.2, 0) is 0 Å². The zero-order valence-electron chi connectivity index (χ0n) is 7.10. The number of hydrogen-bond acceptors (Lipinski definition) is 2. The summed E-state index contributed by atoms with van der Waals surface area (Å²) in [5.41, 5.74) is 1.25. The molecule has 0 aliphatic heterocycles. The van der Waals surface area contributed by atoms with E-state index in [9.17, 15) is 0 Å². The van der Waals surface area contributed by atoms with E-state index in [1.807, 2.05) is 0 Å². The van der Waals surface area contributed by atoms with E-state index in [2.05, 4.69) is 54.4 Å². The Kier molecular flexibility index (Phi) is 2.71. The summed E-state index contributed by atoms with van der Waals surface area (Å²) >= 11 is 5.91. The minimum atomic E-state index is 0.793. The number of hydrogen-bond donors (Lipinski definition) is 1. The molecule has 2 heteroatoms. The summed E-state index contributed by atoms with van der Waals surface area (Å²) in [5.74, 6) is 0.793. The molecule has 0 amide bonds. The molecule has 1 aromatic heterocycles. The minimum Gasteiger partial charge on any atom is -0.175 e. The molecule has 0 atom stereocenters. The fraction of sp³-hybridized carbons (Fsp3) is 0.0909. The summed E-state index contributed by atoms with van der Waals surface area (Å²) < 4.78 is 1.35. The lowest BCUT2D eigenvalue weighted by molar-refractivity contribution is 1.73. The van der Waals surface area contributed by atoms with Gasteiger partial charge in [0.15, 0.2) is 0 Å². The van der Waals surface area contributed by atoms with Crippen LogP contribution in [0.15, 0.2) is 35.7 Å². The highest BCUT2D eigenvalue weighted by Gasteiger charge is 1.93. The van der Waals surface area contributed by atoms with Crippen molar-refractivity contribution < 1.29 is 0 Å². The number of thiophene rings is 1. The predicted molar refractivity (Wildman–Crippen MR) is 64.7 cm³/mol. The van der Waals surface area contributed by atoms with E-state index in [1.165, 1.54) is 15.6 Å². The number of benzene rings is 1. The van der Waals surface area contributed by atoms with Gasteiger partial charge in [0.2, 0.25) is 0 Å². The van der Waals surface area contributed by atoms with Crippen molar-refractivity contribution in [1.82, 2.24) is 0 Å². The van der Waals surface area contributed by atoms with Crippen LogP contribution in [0.5, 0.6) is 0 Å². The van der Waals surface area contributed by atoms with Crippen LogP contribution in [0.3, 0.4) is 0 Å². The monoisotopic (exact) mass is 206 g/mol. The normalized spacial score (nSPS) is 11.5. The molecule has 0 radical (unpaired) electrons. The molecule has 0 nitrogen and oxygen atoms in total. The standard InChI is InChI=1S/C11H10S2/c12-6-1-2-9-3-4-11-10(8-9)5-7-13-11/h1-5,7-8,12H,6H2. The maximum Gasteiger partial charge on any atom is 0.0343 e. The van der Waals surface area contributed by atoms with Gasteiger partial charge in [-0.15, -0.1) is 11.3 Å². The third-order valence-corrected chi connectivity index (χ3v) is 3.00. The Morgan fingerprint density at radius 1 is 1.31 bits per heavy atom. The van der Waals surface area contributed by atoms with E-state index in [0.717, 1.165) is 5.75 Å². The van der Waals surface area contributed by atoms with Crippen molar-refractivity contribution in [3.8, 4) is 0 Å². The van der Waals surface area contributed by atoms with Gasteiger partial charge in [0.25, 0.3) is 0 Å². The first-order valence-corrected chi connectivity index (χ1v) is 5.66. The smallest absolute Gasteiger partial charge is 0.0343 e. The molecule has 1 aromatic carbocycles. The van der Waals surface area contributed by atoms with Crippen molar-refractivity contribution in [2.75, 3.05) is 5.75 Å². The fourth-order valence-corrected chi connectivity index (χ4v) is 2.15. The van der Waals surface area contributed by atoms with Crippen molar-refractivity contribution in [3.63, 3.8) is 0 Å². The molecular formula is C11H10S2. The Bertz CT molecular complexity index is 426. The summed E-state index contributed by atoms with van der Waals surface area (Å²) in [7, 11) is 0. The van der Waals surface area contributed by atoms with Gasteiger partial charge in [-0.05, 0) is 34.5 Å². The average molecular weight is 206 g/mol. The predicted octanol–water partition coefficient (Wildman–Crippen LogP) is 3.84. The van der Waals surface area contributed by atoms with Crippen LogP contribution in [0.25, 0.3) is 16.2 Å². The zero-order chi connectivity index (χ0) is 9.10. The Balaban J connectivity index is 2.42. The van der Waals surface area contributed by atoms with Crippen molar-refractivity contribution in [2.24, 2.45) is 0 Å². The zero-order valence-corrected chi connectivity index (χ0v) is 8.81. The molecule has 0 spiro atoms. The SMILES string of the molecule is SCC=Cc1ccc2sccc2c1. The number of thiol groups is 1. The lowest BCUT2D eigenvalue weighted by Gasteiger charge is -1.93. The maximum atomic E-state index is 4.13. The molecule has 0 N–H and O–H groups in total. The summed E-state index contributed by atoms with van der Waals surface area (Å²) in [6.07, 6.45) is 4.15. The van der Waals surface area contributed by atoms with Gasteiger partial charge in [-0.2, -0.15) is 12.6 Å². The second-order valence-electron chi connectivity index (χ2n) is 2.80. The molecule has 0 unspecified atom stereocenters. The molecule has 2 aromatic rings. The summed E-state index contributed by atoms with van der Waals surface area (Å²) in [5, 5.41) is 3.45. The Hall–Kier alpha value is -0.730. The topological polar surface area (TPSA) is 0 Å². The van der Waals surface area contributed by atoms with E-state index in [4.69, 9.17) is 0 Å². The van der Waals surface area contributed by atoms with Gasteiger partial charge in [-0.1, -0.05) is 18.2 Å². The molecule has 13 heavy (non-hydrogen) atoms. The van der Waals surface area contributed by atoms with Crippen molar-refractivity contribution >= 4 is 40.1 Å². The van der Waals surface area contributed by atoms with E-state index >= 15 is 0 Å². The van der Waals surface area contributed by atoms with Crippen molar-refractivity contribution in [3.05, 3.63) is 41.3 Å². The van der Waals surface area contributed by atoms with Crippen LogP contribution in [0.4, 0.5) is 0 Å². The molecule has 2 rings (SSSR count). The van der Waals surface area contributed by atoms with Crippen molar-refractivity contribution in [2.45, 2.75) is 0 Å². The first-order chi connectivity index (χ1) is 6.40. The third-order valence-electron chi connectivity index (χ3n) is 1.89. The Labute approximate surface area is 87.3 Å². The van der Waals surface area contributed by atoms with Crippen LogP contribution >= 0.6 is 24.0 Å². The quantitative estimate of drug-likeness (QED) is 0.709. The highest BCUT2D eigenvalue weighted by Crippen LogP contribution is 2.22. The van der Waals surface area contributed by atoms with E-state index in [-0.39, 0.29) is 0 Å². The molecule has 0 bridgehead atoms. The summed E-state index contributed by atoms with van der Waals surface area (Å²) in [6, 6.07) is 8.65. The summed E-state index contributed by atoms with van der Waals surface area (Å²) in [6.45, 7) is 0. The van der Waals surface area contributed by atoms with Gasteiger partial charge < -0.3 is 0 Å². The second kappa shape index (κ2) is 3.99. The van der Waals surface area contributed by atoms with Crippen LogP contribution in [-0.4, -0.2) is 5.75 Å². The third kappa shape index (κ3) is 1.95. The number of fused-ring (bicyclic) bond motifs is 1. The van der Waals surface area contributed by atoms with Crippen molar-refractivity contribution in [1.29, 1.82) is 0 Å². The largest absolute Gasteiger partial charge is 0.175 e. The summed E-state index contributed by atoms with van der Waals surface area (Å²) in [4.78, 5) is 0. The van der Waals surface area contributed by atoms with Gasteiger partial charge in [0.05, 0.1) is 0 Å². The molecular weight excluding hydrogens is 196 g/mol. The molecule has 0 aliphatic rings. The van der Waals surface area contributed by atoms with Crippen LogP contribution < -0.4 is 0 Å². The van der Waals surface area contributed by atoms with Crippen LogP contribution in [0.1, 0.15) is 5.56 Å². The molecule has 66 valence electrons. The van der Waals surface area contributed by atoms with Gasteiger partial charge in [-0.25, -0.2) is 0 Å². The first kappa shape index (κ1) is 8.85. The van der Waals surface area contributed by atoms with Crippen LogP contribution in [0.2, 0.25) is 0 Å². The Morgan fingerprint density at radius 2 is 2.23 bits per heavy atom. The van der Waals surface area contributed by atoms with E-state index < -0.39 is 0 Å². The first-order valence-electron chi connectivity index (χ1n) is 4.15. The maximum absolute atomic E-state index is 4.13. The van der Waals surface area contributed by atoms with Crippen LogP contribution in [0, 0.1) is 0 Å². The molecule has 0 saturated heterocycles. The minimum absolute atomic E-state index is 0.793. The Morgan fingerprint density at radius 3 is 3.08 bits per heavy atom. The fourth-order valence-electron chi connectivity index (χ4n) is 1.28. The molecule has 0 aliphatic carbocycles. The molecule has 1 heterocycles. The van der Waals surface area contributed by atoms with Gasteiger partial charge in [0, 0.05) is 10.5 Å². The highest BCUT2D eigenvalue weighted by molar-refractivity contribution is 7.80. The van der Waals surface area contributed by atoms with Gasteiger partial charge in [-0.3, -0.25) is 0 Å². The lowest BCUT2D eigenvalue weighted by atomic mass is 10.1. The lowest BCUT2D eigenvalue weighted by Crippen LogP contribution is -1.70. The highest BCUT2D eigenvalue weighted by atomic mass is 32.1. The number of rotatable bonds is 2. The average Bonchev–Trinajstić information content (AvgIpc) is 2.61. The molecule has 0 saturated carbocycles. The van der Waals surface area contributed by atoms with Gasteiger partial charge >= 0.3 is 0 Å².